The molecular formula is C24H33N3O. The van der Waals surface area contributed by atoms with Gasteiger partial charge in [0.1, 0.15) is 0 Å². The molecule has 4 nitrogen and oxygen atoms in total. The van der Waals surface area contributed by atoms with Crippen molar-refractivity contribution in [3.63, 3.8) is 0 Å². The molecule has 0 saturated heterocycles. The topological polar surface area (TPSA) is 49.0 Å². The average Bonchev–Trinajstić information content (AvgIpc) is 2.76. The van der Waals surface area contributed by atoms with Crippen molar-refractivity contribution in [3.8, 4) is 0 Å². The van der Waals surface area contributed by atoms with E-state index in [-0.39, 0.29) is 5.56 Å². The van der Waals surface area contributed by atoms with Gasteiger partial charge in [0.2, 0.25) is 0 Å². The molecule has 1 N–H and O–H groups in total. The third kappa shape index (κ3) is 4.07. The van der Waals surface area contributed by atoms with Gasteiger partial charge in [-0.05, 0) is 69.2 Å². The van der Waals surface area contributed by atoms with E-state index >= 15 is 0 Å². The van der Waals surface area contributed by atoms with Crippen LogP contribution in [0.3, 0.4) is 0 Å². The Bertz CT molecular complexity index is 849. The van der Waals surface area contributed by atoms with Crippen molar-refractivity contribution in [3.05, 3.63) is 62.6 Å². The van der Waals surface area contributed by atoms with Gasteiger partial charge in [-0.2, -0.15) is 5.10 Å². The fourth-order valence-corrected chi connectivity index (χ4v) is 5.02. The molecule has 1 saturated carbocycles. The summed E-state index contributed by atoms with van der Waals surface area (Å²) >= 11 is 0. The zero-order valence-electron chi connectivity index (χ0n) is 17.3. The highest BCUT2D eigenvalue weighted by atomic mass is 16.1. The lowest BCUT2D eigenvalue weighted by Crippen LogP contribution is -2.35. The molecule has 1 heterocycles. The maximum atomic E-state index is 12.1. The van der Waals surface area contributed by atoms with E-state index in [1.165, 1.54) is 48.8 Å². The van der Waals surface area contributed by atoms with E-state index in [4.69, 9.17) is 0 Å². The Morgan fingerprint density at radius 1 is 1.04 bits per heavy atom. The number of rotatable bonds is 5. The molecule has 28 heavy (non-hydrogen) atoms. The van der Waals surface area contributed by atoms with E-state index in [2.05, 4.69) is 53.3 Å². The summed E-state index contributed by atoms with van der Waals surface area (Å²) in [4.78, 5) is 14.6. The maximum Gasteiger partial charge on any atom is 0.267 e. The maximum absolute atomic E-state index is 12.1. The molecule has 4 heteroatoms. The fourth-order valence-electron chi connectivity index (χ4n) is 5.02. The van der Waals surface area contributed by atoms with Gasteiger partial charge in [-0.15, -0.1) is 0 Å². The van der Waals surface area contributed by atoms with Crippen molar-refractivity contribution in [2.45, 2.75) is 83.2 Å². The molecule has 0 radical (unpaired) electrons. The van der Waals surface area contributed by atoms with Crippen LogP contribution in [0.25, 0.3) is 0 Å². The molecule has 1 aromatic carbocycles. The number of aromatic nitrogens is 2. The lowest BCUT2D eigenvalue weighted by molar-refractivity contribution is 0.146. The zero-order valence-corrected chi connectivity index (χ0v) is 17.3. The summed E-state index contributed by atoms with van der Waals surface area (Å²) in [7, 11) is 2.28. The monoisotopic (exact) mass is 379 g/mol. The number of H-pyrrole nitrogens is 1. The van der Waals surface area contributed by atoms with Crippen molar-refractivity contribution in [1.29, 1.82) is 0 Å². The summed E-state index contributed by atoms with van der Waals surface area (Å²) in [5.74, 6) is 0. The van der Waals surface area contributed by atoms with Crippen LogP contribution in [0.2, 0.25) is 0 Å². The molecule has 2 aromatic rings. The minimum absolute atomic E-state index is 0.00775. The number of hydrogen-bond donors (Lipinski definition) is 1. The van der Waals surface area contributed by atoms with Crippen molar-refractivity contribution >= 4 is 0 Å². The van der Waals surface area contributed by atoms with Crippen molar-refractivity contribution in [1.82, 2.24) is 15.1 Å². The number of benzene rings is 1. The largest absolute Gasteiger partial charge is 0.297 e. The first-order valence-corrected chi connectivity index (χ1v) is 11.0. The van der Waals surface area contributed by atoms with Crippen LogP contribution in [-0.2, 0) is 19.3 Å². The molecule has 4 rings (SSSR count). The van der Waals surface area contributed by atoms with E-state index in [1.807, 2.05) is 0 Å². The smallest absolute Gasteiger partial charge is 0.267 e. The summed E-state index contributed by atoms with van der Waals surface area (Å²) in [5, 5.41) is 7.10. The van der Waals surface area contributed by atoms with Crippen LogP contribution in [0.1, 0.15) is 85.9 Å². The Morgan fingerprint density at radius 3 is 2.43 bits per heavy atom. The van der Waals surface area contributed by atoms with Crippen molar-refractivity contribution in [2.75, 3.05) is 7.05 Å². The van der Waals surface area contributed by atoms with Crippen LogP contribution >= 0.6 is 0 Å². The molecule has 0 amide bonds. The van der Waals surface area contributed by atoms with Crippen LogP contribution in [0.4, 0.5) is 0 Å². The summed E-state index contributed by atoms with van der Waals surface area (Å²) in [6, 6.07) is 10.2. The van der Waals surface area contributed by atoms with Crippen molar-refractivity contribution in [2.24, 2.45) is 0 Å². The zero-order chi connectivity index (χ0) is 19.5. The minimum atomic E-state index is 0.00775. The Balaban J connectivity index is 1.47. The quantitative estimate of drug-likeness (QED) is 0.828. The Hall–Kier alpha value is -1.94. The molecule has 1 aromatic heterocycles. The SMILES string of the molecule is CC(c1ccc(Cc2n[nH]c(=O)c3c2CCCC3)cc1)N(C)C1CCCCC1. The van der Waals surface area contributed by atoms with Gasteiger partial charge in [0.25, 0.3) is 5.56 Å². The summed E-state index contributed by atoms with van der Waals surface area (Å²) < 4.78 is 0. The highest BCUT2D eigenvalue weighted by Crippen LogP contribution is 2.29. The molecule has 150 valence electrons. The van der Waals surface area contributed by atoms with Crippen LogP contribution in [0, 0.1) is 0 Å². The number of aromatic amines is 1. The van der Waals surface area contributed by atoms with Gasteiger partial charge in [0, 0.05) is 24.1 Å². The molecule has 1 atom stereocenters. The lowest BCUT2D eigenvalue weighted by atomic mass is 9.90. The second-order valence-corrected chi connectivity index (χ2v) is 8.72. The van der Waals surface area contributed by atoms with Gasteiger partial charge >= 0.3 is 0 Å². The first-order valence-electron chi connectivity index (χ1n) is 11.0. The number of nitrogens with one attached hydrogen (secondary N) is 1. The van der Waals surface area contributed by atoms with Gasteiger partial charge in [0.05, 0.1) is 5.69 Å². The van der Waals surface area contributed by atoms with Gasteiger partial charge in [-0.1, -0.05) is 43.5 Å². The number of hydrogen-bond acceptors (Lipinski definition) is 3. The first kappa shape index (κ1) is 19.4. The summed E-state index contributed by atoms with van der Waals surface area (Å²) in [5.41, 5.74) is 5.87. The third-order valence-electron chi connectivity index (χ3n) is 6.98. The molecule has 0 aliphatic heterocycles. The summed E-state index contributed by atoms with van der Waals surface area (Å²) in [6.45, 7) is 2.32. The second kappa shape index (κ2) is 8.60. The number of fused-ring (bicyclic) bond motifs is 1. The number of nitrogens with zero attached hydrogens (tertiary/aromatic N) is 2. The third-order valence-corrected chi connectivity index (χ3v) is 6.98. The molecular weight excluding hydrogens is 346 g/mol. The minimum Gasteiger partial charge on any atom is -0.297 e. The fraction of sp³-hybridized carbons (Fsp3) is 0.583. The Labute approximate surface area is 168 Å². The van der Waals surface area contributed by atoms with Gasteiger partial charge in [0.15, 0.2) is 0 Å². The van der Waals surface area contributed by atoms with E-state index in [0.29, 0.717) is 6.04 Å². The van der Waals surface area contributed by atoms with Crippen LogP contribution < -0.4 is 5.56 Å². The molecule has 2 aliphatic rings. The average molecular weight is 380 g/mol. The van der Waals surface area contributed by atoms with Crippen LogP contribution in [0.5, 0.6) is 0 Å². The van der Waals surface area contributed by atoms with Gasteiger partial charge in [-0.3, -0.25) is 9.69 Å². The first-order chi connectivity index (χ1) is 13.6. The van der Waals surface area contributed by atoms with Crippen molar-refractivity contribution < 1.29 is 0 Å². The molecule has 2 aliphatic carbocycles. The predicted molar refractivity (Wildman–Crippen MR) is 114 cm³/mol. The Kier molecular flexibility index (Phi) is 5.96. The van der Waals surface area contributed by atoms with Gasteiger partial charge in [-0.25, -0.2) is 5.10 Å². The normalized spacial score (nSPS) is 18.8. The molecule has 0 bridgehead atoms. The standard InChI is InChI=1S/C24H33N3O/c1-17(27(2)20-8-4-3-5-9-20)19-14-12-18(13-15-19)16-23-21-10-6-7-11-22(21)24(28)26-25-23/h12-15,17,20H,3-11,16H2,1-2H3,(H,26,28). The highest BCUT2D eigenvalue weighted by molar-refractivity contribution is 5.35. The van der Waals surface area contributed by atoms with Gasteiger partial charge < -0.3 is 0 Å². The predicted octanol–water partition coefficient (Wildman–Crippen LogP) is 4.57. The summed E-state index contributed by atoms with van der Waals surface area (Å²) in [6.07, 6.45) is 11.8. The van der Waals surface area contributed by atoms with E-state index in [9.17, 15) is 4.79 Å². The van der Waals surface area contributed by atoms with E-state index in [1.54, 1.807) is 0 Å². The van der Waals surface area contributed by atoms with E-state index < -0.39 is 0 Å². The van der Waals surface area contributed by atoms with Crippen LogP contribution in [0.15, 0.2) is 29.1 Å². The highest BCUT2D eigenvalue weighted by Gasteiger charge is 2.23. The second-order valence-electron chi connectivity index (χ2n) is 8.72. The van der Waals surface area contributed by atoms with Crippen LogP contribution in [-0.4, -0.2) is 28.2 Å². The van der Waals surface area contributed by atoms with E-state index in [0.717, 1.165) is 49.4 Å². The molecule has 1 unspecified atom stereocenters. The molecule has 0 spiro atoms. The Morgan fingerprint density at radius 2 is 1.71 bits per heavy atom. The lowest BCUT2D eigenvalue weighted by Gasteiger charge is -2.35. The molecule has 1 fully saturated rings.